The van der Waals surface area contributed by atoms with Gasteiger partial charge in [0.2, 0.25) is 5.13 Å². The molecule has 0 saturated carbocycles. The van der Waals surface area contributed by atoms with Crippen LogP contribution in [0.15, 0.2) is 36.7 Å². The van der Waals surface area contributed by atoms with Gasteiger partial charge in [0.15, 0.2) is 0 Å². The average molecular weight is 358 g/mol. The van der Waals surface area contributed by atoms with Crippen LogP contribution in [0.5, 0.6) is 0 Å². The number of benzene rings is 1. The lowest BCUT2D eigenvalue weighted by Crippen LogP contribution is -2.37. The Hall–Kier alpha value is -2.35. The predicted molar refractivity (Wildman–Crippen MR) is 94.1 cm³/mol. The monoisotopic (exact) mass is 358 g/mol. The zero-order chi connectivity index (χ0) is 17.1. The molecule has 4 rings (SSSR count). The molecule has 1 saturated heterocycles. The van der Waals surface area contributed by atoms with Crippen LogP contribution in [0.4, 0.5) is 9.52 Å². The first-order valence-corrected chi connectivity index (χ1v) is 9.24. The van der Waals surface area contributed by atoms with E-state index in [9.17, 15) is 4.39 Å². The quantitative estimate of drug-likeness (QED) is 0.702. The number of halogens is 1. The lowest BCUT2D eigenvalue weighted by Gasteiger charge is -2.32. The van der Waals surface area contributed by atoms with E-state index in [4.69, 9.17) is 0 Å². The van der Waals surface area contributed by atoms with Crippen LogP contribution < -0.4 is 4.90 Å². The number of nitrogens with zero attached hydrogens (tertiary/aromatic N) is 6. The summed E-state index contributed by atoms with van der Waals surface area (Å²) in [7, 11) is 0. The Morgan fingerprint density at radius 1 is 1.24 bits per heavy atom. The maximum Gasteiger partial charge on any atom is 0.208 e. The molecule has 1 atom stereocenters. The van der Waals surface area contributed by atoms with Gasteiger partial charge in [0.05, 0.1) is 6.20 Å². The van der Waals surface area contributed by atoms with Crippen LogP contribution in [0, 0.1) is 11.7 Å². The Morgan fingerprint density at radius 2 is 2.16 bits per heavy atom. The molecule has 0 spiro atoms. The summed E-state index contributed by atoms with van der Waals surface area (Å²) >= 11 is 1.56. The maximum absolute atomic E-state index is 13.8. The largest absolute Gasteiger partial charge is 0.346 e. The molecule has 0 bridgehead atoms. The van der Waals surface area contributed by atoms with Gasteiger partial charge in [-0.1, -0.05) is 34.7 Å². The zero-order valence-corrected chi connectivity index (χ0v) is 14.6. The molecule has 0 amide bonds. The van der Waals surface area contributed by atoms with Gasteiger partial charge in [-0.05, 0) is 30.4 Å². The molecule has 0 N–H and O–H groups in total. The van der Waals surface area contributed by atoms with Gasteiger partial charge in [0, 0.05) is 32.3 Å². The molecule has 1 aliphatic heterocycles. The van der Waals surface area contributed by atoms with Gasteiger partial charge in [-0.15, -0.1) is 15.3 Å². The van der Waals surface area contributed by atoms with E-state index in [0.717, 1.165) is 36.2 Å². The van der Waals surface area contributed by atoms with Crippen molar-refractivity contribution in [2.24, 2.45) is 5.92 Å². The lowest BCUT2D eigenvalue weighted by molar-refractivity contribution is 0.348. The van der Waals surface area contributed by atoms with Crippen molar-refractivity contribution in [3.05, 3.63) is 53.0 Å². The third kappa shape index (κ3) is 3.84. The minimum absolute atomic E-state index is 0.190. The molecule has 1 aromatic carbocycles. The van der Waals surface area contributed by atoms with E-state index >= 15 is 0 Å². The number of hydrogen-bond donors (Lipinski definition) is 0. The van der Waals surface area contributed by atoms with E-state index in [2.05, 4.69) is 25.4 Å². The molecule has 25 heavy (non-hydrogen) atoms. The Bertz CT molecular complexity index is 818. The highest BCUT2D eigenvalue weighted by Crippen LogP contribution is 2.28. The minimum Gasteiger partial charge on any atom is -0.346 e. The van der Waals surface area contributed by atoms with E-state index in [1.165, 1.54) is 12.5 Å². The van der Waals surface area contributed by atoms with Gasteiger partial charge in [-0.25, -0.2) is 4.39 Å². The zero-order valence-electron chi connectivity index (χ0n) is 13.8. The molecule has 130 valence electrons. The summed E-state index contributed by atoms with van der Waals surface area (Å²) < 4.78 is 15.7. The van der Waals surface area contributed by atoms with Crippen molar-refractivity contribution >= 4 is 16.5 Å². The summed E-state index contributed by atoms with van der Waals surface area (Å²) in [5.74, 6) is 0.333. The summed E-state index contributed by atoms with van der Waals surface area (Å²) in [6.45, 7) is 2.80. The van der Waals surface area contributed by atoms with Gasteiger partial charge in [-0.3, -0.25) is 4.68 Å². The summed E-state index contributed by atoms with van der Waals surface area (Å²) in [5.41, 5.74) is 0.660. The SMILES string of the molecule is Fc1ccccc1Cc1nnc(N2CCCC(Cn3ccnn3)C2)s1. The van der Waals surface area contributed by atoms with Gasteiger partial charge in [0.1, 0.15) is 10.8 Å². The predicted octanol–water partition coefficient (Wildman–Crippen LogP) is 2.78. The number of aromatic nitrogens is 5. The van der Waals surface area contributed by atoms with Crippen molar-refractivity contribution in [1.29, 1.82) is 0 Å². The Labute approximate surface area is 149 Å². The van der Waals surface area contributed by atoms with Crippen molar-refractivity contribution in [3.63, 3.8) is 0 Å². The van der Waals surface area contributed by atoms with Crippen LogP contribution in [0.1, 0.15) is 23.4 Å². The second-order valence-electron chi connectivity index (χ2n) is 6.33. The van der Waals surface area contributed by atoms with Gasteiger partial charge in [-0.2, -0.15) is 0 Å². The van der Waals surface area contributed by atoms with Crippen molar-refractivity contribution in [2.45, 2.75) is 25.8 Å². The third-order valence-corrected chi connectivity index (χ3v) is 5.45. The molecule has 8 heteroatoms. The second kappa shape index (κ2) is 7.26. The van der Waals surface area contributed by atoms with Crippen molar-refractivity contribution in [1.82, 2.24) is 25.2 Å². The van der Waals surface area contributed by atoms with Crippen LogP contribution in [-0.2, 0) is 13.0 Å². The summed E-state index contributed by atoms with van der Waals surface area (Å²) in [6, 6.07) is 6.83. The van der Waals surface area contributed by atoms with E-state index < -0.39 is 0 Å². The fraction of sp³-hybridized carbons (Fsp3) is 0.412. The fourth-order valence-corrected chi connectivity index (χ4v) is 4.13. The first-order chi connectivity index (χ1) is 12.3. The van der Waals surface area contributed by atoms with Crippen molar-refractivity contribution in [2.75, 3.05) is 18.0 Å². The lowest BCUT2D eigenvalue weighted by atomic mass is 9.98. The maximum atomic E-state index is 13.8. The molecule has 3 aromatic rings. The molecule has 0 radical (unpaired) electrons. The number of hydrogen-bond acceptors (Lipinski definition) is 6. The first kappa shape index (κ1) is 16.1. The van der Waals surface area contributed by atoms with E-state index in [1.807, 2.05) is 16.9 Å². The summed E-state index contributed by atoms with van der Waals surface area (Å²) in [5, 5.41) is 18.3. The highest BCUT2D eigenvalue weighted by Gasteiger charge is 2.23. The molecule has 1 unspecified atom stereocenters. The summed E-state index contributed by atoms with van der Waals surface area (Å²) in [6.07, 6.45) is 6.40. The van der Waals surface area contributed by atoms with Crippen LogP contribution in [0.2, 0.25) is 0 Å². The van der Waals surface area contributed by atoms with Gasteiger partial charge < -0.3 is 4.90 Å². The Kier molecular flexibility index (Phi) is 4.69. The van der Waals surface area contributed by atoms with Gasteiger partial charge in [0.25, 0.3) is 0 Å². The Balaban J connectivity index is 1.41. The van der Waals surface area contributed by atoms with Crippen LogP contribution >= 0.6 is 11.3 Å². The normalized spacial score (nSPS) is 17.8. The third-order valence-electron chi connectivity index (χ3n) is 4.46. The smallest absolute Gasteiger partial charge is 0.208 e. The molecular weight excluding hydrogens is 339 g/mol. The highest BCUT2D eigenvalue weighted by atomic mass is 32.1. The van der Waals surface area contributed by atoms with Crippen LogP contribution in [0.25, 0.3) is 0 Å². The molecular formula is C17H19FN6S. The standard InChI is InChI=1S/C17H19FN6S/c18-15-6-2-1-5-14(15)10-16-20-21-17(25-16)23-8-3-4-13(11-23)12-24-9-7-19-22-24/h1-2,5-7,9,13H,3-4,8,10-12H2. The molecule has 1 fully saturated rings. The van der Waals surface area contributed by atoms with Crippen LogP contribution in [-0.4, -0.2) is 38.3 Å². The fourth-order valence-electron chi connectivity index (χ4n) is 3.23. The molecule has 2 aromatic heterocycles. The molecule has 0 aliphatic carbocycles. The second-order valence-corrected chi connectivity index (χ2v) is 7.37. The van der Waals surface area contributed by atoms with Crippen molar-refractivity contribution < 1.29 is 4.39 Å². The van der Waals surface area contributed by atoms with Crippen LogP contribution in [0.3, 0.4) is 0 Å². The first-order valence-electron chi connectivity index (χ1n) is 8.43. The Morgan fingerprint density at radius 3 is 3.00 bits per heavy atom. The topological polar surface area (TPSA) is 59.7 Å². The van der Waals surface area contributed by atoms with Gasteiger partial charge >= 0.3 is 0 Å². The van der Waals surface area contributed by atoms with E-state index in [0.29, 0.717) is 17.9 Å². The number of rotatable bonds is 5. The van der Waals surface area contributed by atoms with E-state index in [1.54, 1.807) is 29.7 Å². The van der Waals surface area contributed by atoms with E-state index in [-0.39, 0.29) is 5.82 Å². The summed E-state index contributed by atoms with van der Waals surface area (Å²) in [4.78, 5) is 2.29. The van der Waals surface area contributed by atoms with Crippen molar-refractivity contribution in [3.8, 4) is 0 Å². The molecule has 1 aliphatic rings. The molecule has 3 heterocycles. The number of anilines is 1. The highest BCUT2D eigenvalue weighted by molar-refractivity contribution is 7.15. The number of piperidine rings is 1. The molecule has 6 nitrogen and oxygen atoms in total. The average Bonchev–Trinajstić information content (AvgIpc) is 3.29. The minimum atomic E-state index is -0.190.